The molecule has 0 aliphatic rings. The lowest BCUT2D eigenvalue weighted by atomic mass is 10.2. The Morgan fingerprint density at radius 1 is 0.875 bits per heavy atom. The summed E-state index contributed by atoms with van der Waals surface area (Å²) in [6.07, 6.45) is 3.43. The summed E-state index contributed by atoms with van der Waals surface area (Å²) in [5.74, 6) is 0.00319. The fourth-order valence-electron chi connectivity index (χ4n) is 2.97. The first-order valence-corrected chi connectivity index (χ1v) is 10.8. The van der Waals surface area contributed by atoms with Gasteiger partial charge in [-0.25, -0.2) is 0 Å². The molecular weight excluding hydrogens is 424 g/mol. The van der Waals surface area contributed by atoms with Crippen molar-refractivity contribution in [2.45, 2.75) is 11.7 Å². The minimum absolute atomic E-state index is 0.0645. The SMILES string of the molecule is O=C(CSc1nnc(-c2cccnc2)n1Cc1ccccc1)NNC(=O)c1ccccc1. The van der Waals surface area contributed by atoms with E-state index in [1.807, 2.05) is 53.1 Å². The summed E-state index contributed by atoms with van der Waals surface area (Å²) in [4.78, 5) is 28.5. The molecule has 0 spiro atoms. The first-order valence-electron chi connectivity index (χ1n) is 9.85. The van der Waals surface area contributed by atoms with Crippen molar-refractivity contribution in [1.29, 1.82) is 0 Å². The molecule has 0 unspecified atom stereocenters. The van der Waals surface area contributed by atoms with E-state index in [4.69, 9.17) is 0 Å². The summed E-state index contributed by atoms with van der Waals surface area (Å²) in [6.45, 7) is 0.548. The van der Waals surface area contributed by atoms with Crippen molar-refractivity contribution >= 4 is 23.6 Å². The molecule has 0 saturated carbocycles. The molecule has 0 saturated heterocycles. The van der Waals surface area contributed by atoms with Gasteiger partial charge in [0.05, 0.1) is 12.3 Å². The third kappa shape index (κ3) is 5.38. The maximum atomic E-state index is 12.3. The minimum Gasteiger partial charge on any atom is -0.297 e. The summed E-state index contributed by atoms with van der Waals surface area (Å²) in [6, 6.07) is 22.4. The molecule has 32 heavy (non-hydrogen) atoms. The van der Waals surface area contributed by atoms with Crippen molar-refractivity contribution in [3.05, 3.63) is 96.3 Å². The van der Waals surface area contributed by atoms with Gasteiger partial charge in [-0.15, -0.1) is 10.2 Å². The van der Waals surface area contributed by atoms with Crippen LogP contribution >= 0.6 is 11.8 Å². The molecule has 4 rings (SSSR count). The van der Waals surface area contributed by atoms with Gasteiger partial charge in [-0.2, -0.15) is 0 Å². The molecule has 2 amide bonds. The number of amides is 2. The second-order valence-electron chi connectivity index (χ2n) is 6.78. The third-order valence-electron chi connectivity index (χ3n) is 4.50. The van der Waals surface area contributed by atoms with Gasteiger partial charge in [0.25, 0.3) is 5.91 Å². The highest BCUT2D eigenvalue weighted by atomic mass is 32.2. The van der Waals surface area contributed by atoms with Gasteiger partial charge in [-0.3, -0.25) is 30.0 Å². The number of hydrogen-bond acceptors (Lipinski definition) is 6. The van der Waals surface area contributed by atoms with E-state index >= 15 is 0 Å². The molecule has 0 fully saturated rings. The molecule has 0 atom stereocenters. The van der Waals surface area contributed by atoms with Gasteiger partial charge >= 0.3 is 0 Å². The molecule has 0 radical (unpaired) electrons. The number of nitrogens with zero attached hydrogens (tertiary/aromatic N) is 4. The van der Waals surface area contributed by atoms with Crippen LogP contribution in [0.4, 0.5) is 0 Å². The summed E-state index contributed by atoms with van der Waals surface area (Å²) < 4.78 is 1.95. The van der Waals surface area contributed by atoms with Crippen LogP contribution in [0.1, 0.15) is 15.9 Å². The van der Waals surface area contributed by atoms with Gasteiger partial charge < -0.3 is 0 Å². The maximum Gasteiger partial charge on any atom is 0.269 e. The predicted molar refractivity (Wildman–Crippen MR) is 122 cm³/mol. The first kappa shape index (κ1) is 21.3. The summed E-state index contributed by atoms with van der Waals surface area (Å²) >= 11 is 1.24. The lowest BCUT2D eigenvalue weighted by Gasteiger charge is -2.11. The van der Waals surface area contributed by atoms with E-state index in [0.717, 1.165) is 11.1 Å². The molecular formula is C23H20N6O2S. The Morgan fingerprint density at radius 3 is 2.34 bits per heavy atom. The molecule has 2 aromatic heterocycles. The van der Waals surface area contributed by atoms with Crippen molar-refractivity contribution in [3.63, 3.8) is 0 Å². The largest absolute Gasteiger partial charge is 0.297 e. The van der Waals surface area contributed by atoms with E-state index in [9.17, 15) is 9.59 Å². The van der Waals surface area contributed by atoms with Crippen LogP contribution in [0.2, 0.25) is 0 Å². The van der Waals surface area contributed by atoms with Crippen LogP contribution in [0.15, 0.2) is 90.3 Å². The molecule has 2 heterocycles. The summed E-state index contributed by atoms with van der Waals surface area (Å²) in [7, 11) is 0. The van der Waals surface area contributed by atoms with E-state index in [1.54, 1.807) is 36.7 Å². The number of pyridine rings is 1. The van der Waals surface area contributed by atoms with Gasteiger partial charge in [-0.1, -0.05) is 60.3 Å². The molecule has 4 aromatic rings. The zero-order valence-corrected chi connectivity index (χ0v) is 17.8. The Hall–Kier alpha value is -3.98. The number of carbonyl (C=O) groups is 2. The number of rotatable bonds is 7. The van der Waals surface area contributed by atoms with Crippen LogP contribution in [-0.2, 0) is 11.3 Å². The van der Waals surface area contributed by atoms with E-state index in [-0.39, 0.29) is 17.6 Å². The van der Waals surface area contributed by atoms with E-state index in [2.05, 4.69) is 26.0 Å². The van der Waals surface area contributed by atoms with Gasteiger partial charge in [0, 0.05) is 23.5 Å². The highest BCUT2D eigenvalue weighted by molar-refractivity contribution is 7.99. The number of hydrazine groups is 1. The molecule has 160 valence electrons. The van der Waals surface area contributed by atoms with Crippen molar-refractivity contribution in [3.8, 4) is 11.4 Å². The zero-order chi connectivity index (χ0) is 22.2. The van der Waals surface area contributed by atoms with Gasteiger partial charge in [0.15, 0.2) is 11.0 Å². The molecule has 0 aliphatic heterocycles. The maximum absolute atomic E-state index is 12.3. The monoisotopic (exact) mass is 444 g/mol. The Labute approximate surface area is 189 Å². The van der Waals surface area contributed by atoms with Crippen molar-refractivity contribution in [2.24, 2.45) is 0 Å². The number of hydrogen-bond donors (Lipinski definition) is 2. The zero-order valence-electron chi connectivity index (χ0n) is 17.0. The van der Waals surface area contributed by atoms with Crippen LogP contribution in [0.25, 0.3) is 11.4 Å². The van der Waals surface area contributed by atoms with Gasteiger partial charge in [-0.05, 0) is 29.8 Å². The smallest absolute Gasteiger partial charge is 0.269 e. The second-order valence-corrected chi connectivity index (χ2v) is 7.72. The van der Waals surface area contributed by atoms with Gasteiger partial charge in [0.1, 0.15) is 0 Å². The topological polar surface area (TPSA) is 102 Å². The second kappa shape index (κ2) is 10.4. The number of thioether (sulfide) groups is 1. The van der Waals surface area contributed by atoms with Crippen molar-refractivity contribution in [2.75, 3.05) is 5.75 Å². The molecule has 8 nitrogen and oxygen atoms in total. The highest BCUT2D eigenvalue weighted by Crippen LogP contribution is 2.24. The normalized spacial score (nSPS) is 10.5. The van der Waals surface area contributed by atoms with Crippen LogP contribution in [0.3, 0.4) is 0 Å². The number of carbonyl (C=O) groups excluding carboxylic acids is 2. The minimum atomic E-state index is -0.380. The summed E-state index contributed by atoms with van der Waals surface area (Å²) in [5.41, 5.74) is 7.23. The molecule has 0 aliphatic carbocycles. The van der Waals surface area contributed by atoms with Gasteiger partial charge in [0.2, 0.25) is 5.91 Å². The van der Waals surface area contributed by atoms with Crippen LogP contribution in [0.5, 0.6) is 0 Å². The molecule has 0 bridgehead atoms. The quantitative estimate of drug-likeness (QED) is 0.336. The van der Waals surface area contributed by atoms with Crippen molar-refractivity contribution < 1.29 is 9.59 Å². The molecule has 2 aromatic carbocycles. The number of aromatic nitrogens is 4. The summed E-state index contributed by atoms with van der Waals surface area (Å²) in [5, 5.41) is 9.20. The average Bonchev–Trinajstić information content (AvgIpc) is 3.25. The number of benzene rings is 2. The first-order chi connectivity index (χ1) is 15.7. The Kier molecular flexibility index (Phi) is 6.88. The van der Waals surface area contributed by atoms with E-state index in [0.29, 0.717) is 23.1 Å². The Morgan fingerprint density at radius 2 is 1.62 bits per heavy atom. The van der Waals surface area contributed by atoms with Crippen molar-refractivity contribution in [1.82, 2.24) is 30.6 Å². The highest BCUT2D eigenvalue weighted by Gasteiger charge is 2.16. The fraction of sp³-hybridized carbons (Fsp3) is 0.0870. The molecule has 9 heteroatoms. The number of nitrogens with one attached hydrogen (secondary N) is 2. The third-order valence-corrected chi connectivity index (χ3v) is 5.47. The Balaban J connectivity index is 1.44. The average molecular weight is 445 g/mol. The van der Waals surface area contributed by atoms with E-state index in [1.165, 1.54) is 11.8 Å². The van der Waals surface area contributed by atoms with E-state index < -0.39 is 0 Å². The fourth-order valence-corrected chi connectivity index (χ4v) is 3.70. The Bertz CT molecular complexity index is 1180. The predicted octanol–water partition coefficient (Wildman–Crippen LogP) is 2.94. The van der Waals surface area contributed by atoms with Crippen LogP contribution in [0, 0.1) is 0 Å². The molecule has 2 N–H and O–H groups in total. The standard InChI is InChI=1S/C23H20N6O2S/c30-20(25-27-22(31)18-10-5-2-6-11-18)16-32-23-28-26-21(19-12-7-13-24-14-19)29(23)15-17-8-3-1-4-9-17/h1-14H,15-16H2,(H,25,30)(H,27,31). The van der Waals surface area contributed by atoms with Crippen LogP contribution in [-0.4, -0.2) is 37.3 Å². The lowest BCUT2D eigenvalue weighted by molar-refractivity contribution is -0.119. The van der Waals surface area contributed by atoms with Crippen LogP contribution < -0.4 is 10.9 Å². The lowest BCUT2D eigenvalue weighted by Crippen LogP contribution is -2.42.